The molecule has 1 aliphatic heterocycles. The molecule has 0 spiro atoms. The van der Waals surface area contributed by atoms with E-state index in [1.807, 2.05) is 30.3 Å². The number of nitrogens with zero attached hydrogens (tertiary/aromatic N) is 4. The van der Waals surface area contributed by atoms with E-state index in [1.54, 1.807) is 6.07 Å². The van der Waals surface area contributed by atoms with Gasteiger partial charge in [0.2, 0.25) is 0 Å². The molecule has 1 aromatic heterocycles. The number of likely N-dealkylation sites (N-methyl/N-ethyl adjacent to an activating group) is 1. The summed E-state index contributed by atoms with van der Waals surface area (Å²) >= 11 is 0. The molecule has 1 saturated heterocycles. The highest BCUT2D eigenvalue weighted by atomic mass is 16.5. The van der Waals surface area contributed by atoms with Gasteiger partial charge < -0.3 is 14.5 Å². The lowest BCUT2D eigenvalue weighted by Gasteiger charge is -2.33. The minimum absolute atomic E-state index is 0.287. The van der Waals surface area contributed by atoms with E-state index in [-0.39, 0.29) is 5.69 Å². The van der Waals surface area contributed by atoms with Gasteiger partial charge in [0.1, 0.15) is 5.82 Å². The monoisotopic (exact) mass is 312 g/mol. The Bertz CT molecular complexity index is 682. The van der Waals surface area contributed by atoms with Crippen molar-refractivity contribution in [2.45, 2.75) is 0 Å². The third-order valence-electron chi connectivity index (χ3n) is 3.97. The normalized spacial score (nSPS) is 15.5. The van der Waals surface area contributed by atoms with Crippen LogP contribution in [0.1, 0.15) is 10.5 Å². The van der Waals surface area contributed by atoms with Gasteiger partial charge in [-0.15, -0.1) is 0 Å². The van der Waals surface area contributed by atoms with E-state index in [4.69, 9.17) is 4.74 Å². The molecule has 1 aromatic carbocycles. The van der Waals surface area contributed by atoms with Gasteiger partial charge in [0, 0.05) is 37.8 Å². The van der Waals surface area contributed by atoms with Crippen molar-refractivity contribution in [3.8, 4) is 11.4 Å². The lowest BCUT2D eigenvalue weighted by molar-refractivity contribution is 0.0594. The first-order chi connectivity index (χ1) is 11.2. The largest absolute Gasteiger partial charge is 0.464 e. The van der Waals surface area contributed by atoms with Crippen molar-refractivity contribution in [3.05, 3.63) is 42.1 Å². The summed E-state index contributed by atoms with van der Waals surface area (Å²) in [4.78, 5) is 25.4. The van der Waals surface area contributed by atoms with Crippen LogP contribution < -0.4 is 4.90 Å². The number of carbonyl (C=O) groups is 1. The molecule has 0 amide bonds. The number of piperazine rings is 1. The molecule has 6 nitrogen and oxygen atoms in total. The molecule has 23 heavy (non-hydrogen) atoms. The summed E-state index contributed by atoms with van der Waals surface area (Å²) in [6.07, 6.45) is 0. The summed E-state index contributed by atoms with van der Waals surface area (Å²) in [5, 5.41) is 0. The van der Waals surface area contributed by atoms with Crippen LogP contribution in [0.25, 0.3) is 11.4 Å². The van der Waals surface area contributed by atoms with Crippen molar-refractivity contribution < 1.29 is 9.53 Å². The number of methoxy groups -OCH3 is 1. The molecule has 0 radical (unpaired) electrons. The van der Waals surface area contributed by atoms with Crippen LogP contribution in [-0.2, 0) is 4.74 Å². The average molecular weight is 312 g/mol. The number of hydrogen-bond donors (Lipinski definition) is 0. The SMILES string of the molecule is COC(=O)c1cc(N2CCN(C)CC2)nc(-c2ccccc2)n1. The second kappa shape index (κ2) is 6.75. The number of benzene rings is 1. The highest BCUT2D eigenvalue weighted by molar-refractivity contribution is 5.88. The van der Waals surface area contributed by atoms with E-state index < -0.39 is 5.97 Å². The maximum Gasteiger partial charge on any atom is 0.356 e. The Morgan fingerprint density at radius 3 is 2.43 bits per heavy atom. The molecule has 2 heterocycles. The van der Waals surface area contributed by atoms with E-state index in [0.29, 0.717) is 5.82 Å². The summed E-state index contributed by atoms with van der Waals surface area (Å²) in [5.41, 5.74) is 1.17. The molecule has 1 fully saturated rings. The van der Waals surface area contributed by atoms with Crippen LogP contribution in [0.15, 0.2) is 36.4 Å². The van der Waals surface area contributed by atoms with Crippen molar-refractivity contribution in [2.75, 3.05) is 45.2 Å². The van der Waals surface area contributed by atoms with Crippen LogP contribution in [0.2, 0.25) is 0 Å². The standard InChI is InChI=1S/C17H20N4O2/c1-20-8-10-21(11-9-20)15-12-14(17(22)23-2)18-16(19-15)13-6-4-3-5-7-13/h3-7,12H,8-11H2,1-2H3. The molecule has 3 rings (SSSR count). The van der Waals surface area contributed by atoms with Gasteiger partial charge in [0.15, 0.2) is 11.5 Å². The van der Waals surface area contributed by atoms with Gasteiger partial charge in [-0.25, -0.2) is 14.8 Å². The average Bonchev–Trinajstić information content (AvgIpc) is 2.62. The Hall–Kier alpha value is -2.47. The zero-order valence-corrected chi connectivity index (χ0v) is 13.4. The lowest BCUT2D eigenvalue weighted by atomic mass is 10.2. The quantitative estimate of drug-likeness (QED) is 0.804. The molecule has 0 N–H and O–H groups in total. The number of rotatable bonds is 3. The first-order valence-corrected chi connectivity index (χ1v) is 7.63. The van der Waals surface area contributed by atoms with Crippen LogP contribution in [-0.4, -0.2) is 61.2 Å². The third-order valence-corrected chi connectivity index (χ3v) is 3.97. The number of esters is 1. The van der Waals surface area contributed by atoms with Crippen LogP contribution >= 0.6 is 0 Å². The summed E-state index contributed by atoms with van der Waals surface area (Å²) in [6.45, 7) is 3.70. The van der Waals surface area contributed by atoms with Gasteiger partial charge in [0.25, 0.3) is 0 Å². The van der Waals surface area contributed by atoms with Gasteiger partial charge in [-0.1, -0.05) is 30.3 Å². The molecule has 0 unspecified atom stereocenters. The van der Waals surface area contributed by atoms with E-state index >= 15 is 0 Å². The number of aromatic nitrogens is 2. The summed E-state index contributed by atoms with van der Waals surface area (Å²) in [7, 11) is 3.47. The summed E-state index contributed by atoms with van der Waals surface area (Å²) < 4.78 is 4.83. The molecule has 2 aromatic rings. The van der Waals surface area contributed by atoms with E-state index in [0.717, 1.165) is 37.6 Å². The Morgan fingerprint density at radius 2 is 1.78 bits per heavy atom. The number of anilines is 1. The molecule has 6 heteroatoms. The number of hydrogen-bond acceptors (Lipinski definition) is 6. The van der Waals surface area contributed by atoms with Crippen LogP contribution in [0.4, 0.5) is 5.82 Å². The molecule has 120 valence electrons. The molecule has 0 aliphatic carbocycles. The molecular formula is C17H20N4O2. The fraction of sp³-hybridized carbons (Fsp3) is 0.353. The van der Waals surface area contributed by atoms with Crippen molar-refractivity contribution >= 4 is 11.8 Å². The summed E-state index contributed by atoms with van der Waals surface area (Å²) in [6, 6.07) is 11.4. The molecular weight excluding hydrogens is 292 g/mol. The Morgan fingerprint density at radius 1 is 1.09 bits per heavy atom. The smallest absolute Gasteiger partial charge is 0.356 e. The van der Waals surface area contributed by atoms with Crippen molar-refractivity contribution in [2.24, 2.45) is 0 Å². The molecule has 0 atom stereocenters. The summed E-state index contributed by atoms with van der Waals surface area (Å²) in [5.74, 6) is 0.870. The predicted molar refractivity (Wildman–Crippen MR) is 88.5 cm³/mol. The van der Waals surface area contributed by atoms with Gasteiger partial charge in [0.05, 0.1) is 7.11 Å². The van der Waals surface area contributed by atoms with Crippen LogP contribution in [0.5, 0.6) is 0 Å². The van der Waals surface area contributed by atoms with E-state index in [2.05, 4.69) is 26.8 Å². The number of carbonyl (C=O) groups excluding carboxylic acids is 1. The van der Waals surface area contributed by atoms with Crippen LogP contribution in [0.3, 0.4) is 0 Å². The Balaban J connectivity index is 2.00. The maximum atomic E-state index is 11.9. The van der Waals surface area contributed by atoms with Gasteiger partial charge in [-0.05, 0) is 7.05 Å². The maximum absolute atomic E-state index is 11.9. The van der Waals surface area contributed by atoms with Gasteiger partial charge >= 0.3 is 5.97 Å². The van der Waals surface area contributed by atoms with Gasteiger partial charge in [-0.3, -0.25) is 0 Å². The first kappa shape index (κ1) is 15.4. The van der Waals surface area contributed by atoms with Crippen molar-refractivity contribution in [1.82, 2.24) is 14.9 Å². The zero-order valence-electron chi connectivity index (χ0n) is 13.4. The second-order valence-electron chi connectivity index (χ2n) is 5.58. The fourth-order valence-corrected chi connectivity index (χ4v) is 2.56. The lowest BCUT2D eigenvalue weighted by Crippen LogP contribution is -2.45. The number of ether oxygens (including phenoxy) is 1. The predicted octanol–water partition coefficient (Wildman–Crippen LogP) is 1.68. The first-order valence-electron chi connectivity index (χ1n) is 7.63. The fourth-order valence-electron chi connectivity index (χ4n) is 2.56. The Labute approximate surface area is 135 Å². The zero-order chi connectivity index (χ0) is 16.2. The third kappa shape index (κ3) is 3.48. The second-order valence-corrected chi connectivity index (χ2v) is 5.58. The van der Waals surface area contributed by atoms with Crippen molar-refractivity contribution in [3.63, 3.8) is 0 Å². The van der Waals surface area contributed by atoms with Gasteiger partial charge in [-0.2, -0.15) is 0 Å². The minimum atomic E-state index is -0.444. The highest BCUT2D eigenvalue weighted by Gasteiger charge is 2.19. The topological polar surface area (TPSA) is 58.6 Å². The Kier molecular flexibility index (Phi) is 4.52. The molecule has 0 saturated carbocycles. The molecule has 0 bridgehead atoms. The van der Waals surface area contributed by atoms with Crippen molar-refractivity contribution in [1.29, 1.82) is 0 Å². The minimum Gasteiger partial charge on any atom is -0.464 e. The van der Waals surface area contributed by atoms with Crippen LogP contribution in [0, 0.1) is 0 Å². The molecule has 1 aliphatic rings. The van der Waals surface area contributed by atoms with E-state index in [9.17, 15) is 4.79 Å². The highest BCUT2D eigenvalue weighted by Crippen LogP contribution is 2.21. The van der Waals surface area contributed by atoms with E-state index in [1.165, 1.54) is 7.11 Å².